The van der Waals surface area contributed by atoms with Crippen LogP contribution in [0.1, 0.15) is 27.5 Å². The Balaban J connectivity index is 1.26. The van der Waals surface area contributed by atoms with E-state index in [4.69, 9.17) is 9.15 Å². The Morgan fingerprint density at radius 1 is 1.06 bits per heavy atom. The lowest BCUT2D eigenvalue weighted by atomic mass is 10.1. The second-order valence-electron chi connectivity index (χ2n) is 8.33. The van der Waals surface area contributed by atoms with Crippen molar-refractivity contribution in [3.05, 3.63) is 77.5 Å². The molecule has 174 valence electrons. The fourth-order valence-corrected chi connectivity index (χ4v) is 3.98. The van der Waals surface area contributed by atoms with E-state index in [1.807, 2.05) is 42.5 Å². The van der Waals surface area contributed by atoms with Crippen LogP contribution in [0.5, 0.6) is 11.5 Å². The van der Waals surface area contributed by atoms with Crippen LogP contribution >= 0.6 is 0 Å². The van der Waals surface area contributed by atoms with Gasteiger partial charge in [0.25, 0.3) is 5.91 Å². The molecule has 0 radical (unpaired) electrons. The zero-order chi connectivity index (χ0) is 23.2. The fraction of sp³-hybridized carbons (Fsp3) is 0.360. The normalized spacial score (nSPS) is 14.8. The minimum Gasteiger partial charge on any atom is -0.504 e. The Kier molecular flexibility index (Phi) is 7.26. The maximum absolute atomic E-state index is 12.7. The van der Waals surface area contributed by atoms with Crippen molar-refractivity contribution >= 4 is 5.91 Å². The summed E-state index contributed by atoms with van der Waals surface area (Å²) in [4.78, 5) is 23.4. The second-order valence-corrected chi connectivity index (χ2v) is 8.33. The van der Waals surface area contributed by atoms with Crippen LogP contribution in [0.3, 0.4) is 0 Å². The van der Waals surface area contributed by atoms with Gasteiger partial charge in [-0.1, -0.05) is 36.4 Å². The van der Waals surface area contributed by atoms with Gasteiger partial charge in [-0.3, -0.25) is 14.6 Å². The number of phenolic OH excluding ortho intramolecular Hbond substituents is 1. The summed E-state index contributed by atoms with van der Waals surface area (Å²) in [6.07, 6.45) is 1.45. The lowest BCUT2D eigenvalue weighted by Gasteiger charge is -2.34. The predicted molar refractivity (Wildman–Crippen MR) is 124 cm³/mol. The van der Waals surface area contributed by atoms with Gasteiger partial charge >= 0.3 is 0 Å². The van der Waals surface area contributed by atoms with Crippen LogP contribution in [0.4, 0.5) is 0 Å². The summed E-state index contributed by atoms with van der Waals surface area (Å²) >= 11 is 0. The molecule has 3 aromatic rings. The number of carbonyl (C=O) groups excluding carboxylic acids is 1. The van der Waals surface area contributed by atoms with Crippen molar-refractivity contribution in [3.63, 3.8) is 0 Å². The largest absolute Gasteiger partial charge is 0.504 e. The molecule has 1 amide bonds. The number of carbonyl (C=O) groups is 1. The summed E-state index contributed by atoms with van der Waals surface area (Å²) in [6, 6.07) is 15.3. The highest BCUT2D eigenvalue weighted by Crippen LogP contribution is 2.27. The molecule has 2 heterocycles. The van der Waals surface area contributed by atoms with E-state index in [-0.39, 0.29) is 11.7 Å². The number of rotatable bonds is 8. The molecule has 0 bridgehead atoms. The summed E-state index contributed by atoms with van der Waals surface area (Å²) in [7, 11) is 3.33. The fourth-order valence-electron chi connectivity index (χ4n) is 3.98. The molecule has 1 fully saturated rings. The number of hydrogen-bond donors (Lipinski definition) is 1. The van der Waals surface area contributed by atoms with Gasteiger partial charge in [-0.15, -0.1) is 0 Å². The van der Waals surface area contributed by atoms with Crippen molar-refractivity contribution < 1.29 is 19.1 Å². The first-order valence-corrected chi connectivity index (χ1v) is 11.1. The molecular formula is C25H30N4O4. The molecule has 8 nitrogen and oxygen atoms in total. The average Bonchev–Trinajstić information content (AvgIpc) is 3.30. The van der Waals surface area contributed by atoms with Gasteiger partial charge in [0.05, 0.1) is 13.7 Å². The molecule has 1 aromatic heterocycles. The van der Waals surface area contributed by atoms with Gasteiger partial charge in [0.1, 0.15) is 6.26 Å². The minimum absolute atomic E-state index is 0.150. The third-order valence-electron chi connectivity index (χ3n) is 5.85. The molecular weight excluding hydrogens is 420 g/mol. The van der Waals surface area contributed by atoms with Gasteiger partial charge in [-0.05, 0) is 23.3 Å². The Morgan fingerprint density at radius 2 is 1.76 bits per heavy atom. The van der Waals surface area contributed by atoms with Gasteiger partial charge < -0.3 is 19.2 Å². The number of oxazole rings is 1. The number of aromatic hydroxyl groups is 1. The summed E-state index contributed by atoms with van der Waals surface area (Å²) < 4.78 is 10.8. The number of hydrogen-bond acceptors (Lipinski definition) is 7. The van der Waals surface area contributed by atoms with Gasteiger partial charge in [0.15, 0.2) is 17.2 Å². The van der Waals surface area contributed by atoms with Crippen molar-refractivity contribution in [2.45, 2.75) is 19.6 Å². The summed E-state index contributed by atoms with van der Waals surface area (Å²) in [5.41, 5.74) is 2.51. The molecule has 0 aliphatic carbocycles. The molecule has 1 aliphatic heterocycles. The molecule has 1 aliphatic rings. The third kappa shape index (κ3) is 5.91. The van der Waals surface area contributed by atoms with Gasteiger partial charge in [0.2, 0.25) is 5.89 Å². The van der Waals surface area contributed by atoms with Crippen LogP contribution in [-0.4, -0.2) is 71.0 Å². The Bertz CT molecular complexity index is 1060. The first-order valence-electron chi connectivity index (χ1n) is 11.1. The zero-order valence-electron chi connectivity index (χ0n) is 19.1. The Morgan fingerprint density at radius 3 is 2.45 bits per heavy atom. The number of phenols is 1. The molecule has 2 aromatic carbocycles. The van der Waals surface area contributed by atoms with Crippen molar-refractivity contribution in [1.29, 1.82) is 0 Å². The second kappa shape index (κ2) is 10.5. The van der Waals surface area contributed by atoms with Crippen molar-refractivity contribution in [3.8, 4) is 11.5 Å². The highest BCUT2D eigenvalue weighted by molar-refractivity contribution is 5.91. The highest BCUT2D eigenvalue weighted by atomic mass is 16.5. The number of aromatic nitrogens is 1. The maximum atomic E-state index is 12.7. The molecule has 4 rings (SSSR count). The minimum atomic E-state index is -0.150. The van der Waals surface area contributed by atoms with Crippen molar-refractivity contribution in [1.82, 2.24) is 19.7 Å². The molecule has 1 N–H and O–H groups in total. The Hall–Kier alpha value is -3.36. The number of amides is 1. The Labute approximate surface area is 194 Å². The molecule has 8 heteroatoms. The van der Waals surface area contributed by atoms with Crippen LogP contribution in [0.15, 0.2) is 59.2 Å². The highest BCUT2D eigenvalue weighted by Gasteiger charge is 2.21. The number of nitrogens with zero attached hydrogens (tertiary/aromatic N) is 4. The molecule has 33 heavy (non-hydrogen) atoms. The maximum Gasteiger partial charge on any atom is 0.275 e. The van der Waals surface area contributed by atoms with E-state index >= 15 is 0 Å². The first-order chi connectivity index (χ1) is 16.0. The van der Waals surface area contributed by atoms with Gasteiger partial charge in [-0.25, -0.2) is 4.98 Å². The molecule has 1 saturated heterocycles. The van der Waals surface area contributed by atoms with Crippen LogP contribution in [0.25, 0.3) is 0 Å². The predicted octanol–water partition coefficient (Wildman–Crippen LogP) is 2.98. The van der Waals surface area contributed by atoms with E-state index in [2.05, 4.69) is 14.8 Å². The molecule has 0 atom stereocenters. The van der Waals surface area contributed by atoms with E-state index in [1.165, 1.54) is 6.26 Å². The van der Waals surface area contributed by atoms with Crippen LogP contribution in [0, 0.1) is 0 Å². The van der Waals surface area contributed by atoms with E-state index in [0.717, 1.165) is 43.9 Å². The number of benzene rings is 2. The van der Waals surface area contributed by atoms with Gasteiger partial charge in [-0.2, -0.15) is 0 Å². The summed E-state index contributed by atoms with van der Waals surface area (Å²) in [5.74, 6) is 1.06. The average molecular weight is 451 g/mol. The standard InChI is InChI=1S/C25H30N4O4/c1-27(15-19-6-4-3-5-7-19)25(31)21-18-33-24(26-21)17-29-12-10-28(11-13-29)16-20-8-9-22(30)23(14-20)32-2/h3-9,14,18,30H,10-13,15-17H2,1-2H3. The monoisotopic (exact) mass is 450 g/mol. The van der Waals surface area contributed by atoms with E-state index < -0.39 is 0 Å². The molecule has 0 unspecified atom stereocenters. The van der Waals surface area contributed by atoms with Crippen molar-refractivity contribution in [2.75, 3.05) is 40.3 Å². The van der Waals surface area contributed by atoms with Crippen molar-refractivity contribution in [2.24, 2.45) is 0 Å². The smallest absolute Gasteiger partial charge is 0.275 e. The first kappa shape index (κ1) is 22.8. The molecule has 0 saturated carbocycles. The van der Waals surface area contributed by atoms with Gasteiger partial charge in [0, 0.05) is 46.3 Å². The number of piperazine rings is 1. The SMILES string of the molecule is COc1cc(CN2CCN(Cc3nc(C(=O)N(C)Cc4ccccc4)co3)CC2)ccc1O. The van der Waals surface area contributed by atoms with Crippen LogP contribution < -0.4 is 4.74 Å². The molecule has 0 spiro atoms. The van der Waals surface area contributed by atoms with E-state index in [1.54, 1.807) is 25.1 Å². The quantitative estimate of drug-likeness (QED) is 0.565. The number of ether oxygens (including phenoxy) is 1. The van der Waals surface area contributed by atoms with E-state index in [0.29, 0.717) is 30.4 Å². The van der Waals surface area contributed by atoms with Crippen LogP contribution in [-0.2, 0) is 19.6 Å². The summed E-state index contributed by atoms with van der Waals surface area (Å²) in [6.45, 7) is 5.50. The zero-order valence-corrected chi connectivity index (χ0v) is 19.1. The lowest BCUT2D eigenvalue weighted by Crippen LogP contribution is -2.45. The van der Waals surface area contributed by atoms with Crippen LogP contribution in [0.2, 0.25) is 0 Å². The third-order valence-corrected chi connectivity index (χ3v) is 5.85. The summed E-state index contributed by atoms with van der Waals surface area (Å²) in [5, 5.41) is 9.76. The number of methoxy groups -OCH3 is 1. The lowest BCUT2D eigenvalue weighted by molar-refractivity contribution is 0.0779. The van der Waals surface area contributed by atoms with E-state index in [9.17, 15) is 9.90 Å². The topological polar surface area (TPSA) is 82.3 Å².